The molecular weight excluding hydrogens is 380 g/mol. The van der Waals surface area contributed by atoms with Crippen LogP contribution in [-0.2, 0) is 4.74 Å². The first-order valence-corrected chi connectivity index (χ1v) is 9.44. The lowest BCUT2D eigenvalue weighted by Gasteiger charge is -2.44. The Labute approximate surface area is 171 Å². The molecule has 0 saturated carbocycles. The third-order valence-electron chi connectivity index (χ3n) is 5.19. The van der Waals surface area contributed by atoms with Crippen LogP contribution in [0.15, 0.2) is 30.3 Å². The Morgan fingerprint density at radius 3 is 2.57 bits per heavy atom. The predicted molar refractivity (Wildman–Crippen MR) is 110 cm³/mol. The summed E-state index contributed by atoms with van der Waals surface area (Å²) in [6, 6.07) is 9.40. The van der Waals surface area contributed by atoms with Crippen molar-refractivity contribution < 1.29 is 14.2 Å². The summed E-state index contributed by atoms with van der Waals surface area (Å²) in [4.78, 5) is 11.5. The zero-order chi connectivity index (χ0) is 18.7. The number of piperidine rings is 1. The van der Waals surface area contributed by atoms with Gasteiger partial charge in [0.15, 0.2) is 11.5 Å². The number of ether oxygens (including phenoxy) is 3. The van der Waals surface area contributed by atoms with E-state index in [9.17, 15) is 0 Å². The highest BCUT2D eigenvalue weighted by Gasteiger charge is 2.37. The van der Waals surface area contributed by atoms with E-state index in [1.54, 1.807) is 7.11 Å². The summed E-state index contributed by atoms with van der Waals surface area (Å²) in [5.74, 6) is 2.55. The molecule has 2 aromatic rings. The summed E-state index contributed by atoms with van der Waals surface area (Å²) in [6.45, 7) is 6.37. The summed E-state index contributed by atoms with van der Waals surface area (Å²) >= 11 is 0. The summed E-state index contributed by atoms with van der Waals surface area (Å²) in [5.41, 5.74) is 0.843. The van der Waals surface area contributed by atoms with Crippen molar-refractivity contribution in [2.24, 2.45) is 0 Å². The molecule has 0 atom stereocenters. The van der Waals surface area contributed by atoms with E-state index in [0.717, 1.165) is 51.3 Å². The number of hydrogen-bond acceptors (Lipinski definition) is 7. The van der Waals surface area contributed by atoms with Crippen molar-refractivity contribution in [3.8, 4) is 17.4 Å². The summed E-state index contributed by atoms with van der Waals surface area (Å²) in [5, 5.41) is 3.45. The second-order valence-electron chi connectivity index (χ2n) is 7.10. The van der Waals surface area contributed by atoms with Gasteiger partial charge in [-0.25, -0.2) is 4.98 Å². The van der Waals surface area contributed by atoms with Crippen molar-refractivity contribution in [1.29, 1.82) is 0 Å². The number of aryl methyl sites for hydroxylation is 1. The van der Waals surface area contributed by atoms with Gasteiger partial charge in [0, 0.05) is 37.9 Å². The molecule has 0 aliphatic carbocycles. The number of nitrogens with one attached hydrogen (secondary N) is 1. The largest absolute Gasteiger partial charge is 0.493 e. The molecule has 8 heteroatoms. The Morgan fingerprint density at radius 1 is 1.14 bits per heavy atom. The van der Waals surface area contributed by atoms with Crippen molar-refractivity contribution in [2.75, 3.05) is 44.8 Å². The van der Waals surface area contributed by atoms with Crippen LogP contribution in [0, 0.1) is 6.92 Å². The highest BCUT2D eigenvalue weighted by atomic mass is 35.5. The number of para-hydroxylation sites is 2. The van der Waals surface area contributed by atoms with Crippen LogP contribution in [0.4, 0.5) is 5.95 Å². The molecule has 3 heterocycles. The van der Waals surface area contributed by atoms with Crippen LogP contribution in [0.2, 0.25) is 0 Å². The molecule has 1 N–H and O–H groups in total. The molecular formula is C20H27ClN4O3. The molecule has 2 aliphatic rings. The molecule has 0 unspecified atom stereocenters. The predicted octanol–water partition coefficient (Wildman–Crippen LogP) is 2.97. The fourth-order valence-corrected chi connectivity index (χ4v) is 3.68. The van der Waals surface area contributed by atoms with Crippen molar-refractivity contribution in [3.05, 3.63) is 36.0 Å². The average molecular weight is 407 g/mol. The van der Waals surface area contributed by atoms with Crippen LogP contribution in [-0.4, -0.2) is 55.5 Å². The minimum Gasteiger partial charge on any atom is -0.493 e. The van der Waals surface area contributed by atoms with Crippen LogP contribution < -0.4 is 19.7 Å². The standard InChI is InChI=1S/C20H26N4O3.ClH/c1-15-13-18(27-17-6-4-3-5-16(17)25-2)23-19(22-15)24-10-7-20(8-11-24)14-21-9-12-26-20;/h3-6,13,21H,7-12,14H2,1-2H3;1H. The van der Waals surface area contributed by atoms with E-state index < -0.39 is 0 Å². The van der Waals surface area contributed by atoms with Crippen molar-refractivity contribution in [2.45, 2.75) is 25.4 Å². The van der Waals surface area contributed by atoms with Gasteiger partial charge in [0.1, 0.15) is 0 Å². The minimum absolute atomic E-state index is 0. The Balaban J connectivity index is 0.00000225. The van der Waals surface area contributed by atoms with Gasteiger partial charge in [0.25, 0.3) is 0 Å². The first-order chi connectivity index (χ1) is 13.2. The van der Waals surface area contributed by atoms with Gasteiger partial charge in [-0.3, -0.25) is 0 Å². The Bertz CT molecular complexity index is 789. The molecule has 152 valence electrons. The maximum Gasteiger partial charge on any atom is 0.228 e. The van der Waals surface area contributed by atoms with E-state index in [0.29, 0.717) is 23.3 Å². The van der Waals surface area contributed by atoms with Crippen molar-refractivity contribution in [3.63, 3.8) is 0 Å². The first kappa shape index (κ1) is 20.6. The van der Waals surface area contributed by atoms with E-state index >= 15 is 0 Å². The van der Waals surface area contributed by atoms with E-state index in [2.05, 4.69) is 20.2 Å². The van der Waals surface area contributed by atoms with E-state index in [1.165, 1.54) is 0 Å². The van der Waals surface area contributed by atoms with Crippen LogP contribution in [0.5, 0.6) is 17.4 Å². The lowest BCUT2D eigenvalue weighted by atomic mass is 9.90. The number of benzene rings is 1. The Hall–Kier alpha value is -2.09. The fourth-order valence-electron chi connectivity index (χ4n) is 3.68. The molecule has 1 spiro atoms. The topological polar surface area (TPSA) is 68.7 Å². The molecule has 0 radical (unpaired) electrons. The van der Waals surface area contributed by atoms with Gasteiger partial charge in [-0.05, 0) is 31.9 Å². The van der Waals surface area contributed by atoms with Crippen LogP contribution in [0.25, 0.3) is 0 Å². The fraction of sp³-hybridized carbons (Fsp3) is 0.500. The number of anilines is 1. The summed E-state index contributed by atoms with van der Waals surface area (Å²) < 4.78 is 17.4. The maximum atomic E-state index is 6.07. The summed E-state index contributed by atoms with van der Waals surface area (Å²) in [7, 11) is 1.63. The molecule has 28 heavy (non-hydrogen) atoms. The van der Waals surface area contributed by atoms with Gasteiger partial charge < -0.3 is 24.4 Å². The molecule has 1 aromatic heterocycles. The van der Waals surface area contributed by atoms with Gasteiger partial charge in [0.2, 0.25) is 11.8 Å². The number of morpholine rings is 1. The van der Waals surface area contributed by atoms with E-state index in [-0.39, 0.29) is 18.0 Å². The zero-order valence-corrected chi connectivity index (χ0v) is 17.1. The van der Waals surface area contributed by atoms with Gasteiger partial charge in [-0.15, -0.1) is 12.4 Å². The SMILES string of the molecule is COc1ccccc1Oc1cc(C)nc(N2CCC3(CC2)CNCCO3)n1.Cl. The van der Waals surface area contributed by atoms with Crippen LogP contribution in [0.3, 0.4) is 0 Å². The van der Waals surface area contributed by atoms with Gasteiger partial charge >= 0.3 is 0 Å². The monoisotopic (exact) mass is 406 g/mol. The average Bonchev–Trinajstić information content (AvgIpc) is 2.69. The zero-order valence-electron chi connectivity index (χ0n) is 16.3. The molecule has 7 nitrogen and oxygen atoms in total. The van der Waals surface area contributed by atoms with Gasteiger partial charge in [-0.1, -0.05) is 12.1 Å². The first-order valence-electron chi connectivity index (χ1n) is 9.44. The highest BCUT2D eigenvalue weighted by Crippen LogP contribution is 2.32. The summed E-state index contributed by atoms with van der Waals surface area (Å²) in [6.07, 6.45) is 1.94. The van der Waals surface area contributed by atoms with Crippen molar-refractivity contribution in [1.82, 2.24) is 15.3 Å². The maximum absolute atomic E-state index is 6.07. The smallest absolute Gasteiger partial charge is 0.228 e. The minimum atomic E-state index is -0.0324. The van der Waals surface area contributed by atoms with E-state index in [1.807, 2.05) is 37.3 Å². The number of aromatic nitrogens is 2. The molecule has 2 aliphatic heterocycles. The molecule has 2 fully saturated rings. The number of hydrogen-bond donors (Lipinski definition) is 1. The quantitative estimate of drug-likeness (QED) is 0.837. The second-order valence-corrected chi connectivity index (χ2v) is 7.10. The molecule has 2 saturated heterocycles. The lowest BCUT2D eigenvalue weighted by molar-refractivity contribution is -0.0801. The molecule has 4 rings (SSSR count). The van der Waals surface area contributed by atoms with Crippen molar-refractivity contribution >= 4 is 18.4 Å². The van der Waals surface area contributed by atoms with Crippen LogP contribution >= 0.6 is 12.4 Å². The Morgan fingerprint density at radius 2 is 1.89 bits per heavy atom. The Kier molecular flexibility index (Phi) is 6.59. The third-order valence-corrected chi connectivity index (χ3v) is 5.19. The molecule has 1 aromatic carbocycles. The van der Waals surface area contributed by atoms with E-state index in [4.69, 9.17) is 14.2 Å². The number of rotatable bonds is 4. The van der Waals surface area contributed by atoms with Crippen LogP contribution in [0.1, 0.15) is 18.5 Å². The third kappa shape index (κ3) is 4.48. The molecule has 0 bridgehead atoms. The van der Waals surface area contributed by atoms with Gasteiger partial charge in [-0.2, -0.15) is 4.98 Å². The molecule has 0 amide bonds. The number of halogens is 1. The number of methoxy groups -OCH3 is 1. The second kappa shape index (κ2) is 8.94. The lowest BCUT2D eigenvalue weighted by Crippen LogP contribution is -2.55. The number of nitrogens with zero attached hydrogens (tertiary/aromatic N) is 3. The normalized spacial score (nSPS) is 18.4. The van der Waals surface area contributed by atoms with Gasteiger partial charge in [0.05, 0.1) is 19.3 Å². The highest BCUT2D eigenvalue weighted by molar-refractivity contribution is 5.85.